The van der Waals surface area contributed by atoms with Crippen LogP contribution in [0, 0.1) is 5.92 Å². The topological polar surface area (TPSA) is 76.0 Å². The van der Waals surface area contributed by atoms with Crippen molar-refractivity contribution in [2.75, 3.05) is 19.8 Å². The van der Waals surface area contributed by atoms with Gasteiger partial charge in [0.1, 0.15) is 12.4 Å². The minimum absolute atomic E-state index is 0.0431. The van der Waals surface area contributed by atoms with E-state index in [0.29, 0.717) is 17.9 Å². The second-order valence-corrected chi connectivity index (χ2v) is 5.40. The Morgan fingerprint density at radius 3 is 2.35 bits per heavy atom. The number of benzene rings is 1. The number of ether oxygens (including phenoxy) is 2. The van der Waals surface area contributed by atoms with Crippen molar-refractivity contribution in [2.24, 2.45) is 5.92 Å². The Morgan fingerprint density at radius 1 is 1.22 bits per heavy atom. The average molecular weight is 322 g/mol. The highest BCUT2D eigenvalue weighted by atomic mass is 16.5. The van der Waals surface area contributed by atoms with Crippen LogP contribution in [0.3, 0.4) is 0 Å². The molecule has 1 rings (SSSR count). The lowest BCUT2D eigenvalue weighted by Gasteiger charge is -2.22. The van der Waals surface area contributed by atoms with E-state index in [4.69, 9.17) is 14.6 Å². The maximum atomic E-state index is 11.8. The zero-order chi connectivity index (χ0) is 17.4. The van der Waals surface area contributed by atoms with E-state index in [1.54, 1.807) is 38.1 Å². The van der Waals surface area contributed by atoms with Crippen LogP contribution in [-0.2, 0) is 9.53 Å². The summed E-state index contributed by atoms with van der Waals surface area (Å²) >= 11 is 0. The van der Waals surface area contributed by atoms with E-state index in [1.807, 2.05) is 13.8 Å². The molecule has 2 N–H and O–H groups in total. The van der Waals surface area contributed by atoms with Gasteiger partial charge in [0.2, 0.25) is 0 Å². The van der Waals surface area contributed by atoms with Gasteiger partial charge in [0.15, 0.2) is 0 Å². The van der Waals surface area contributed by atoms with Crippen LogP contribution < -0.4 is 4.74 Å². The van der Waals surface area contributed by atoms with Crippen LogP contribution in [0.25, 0.3) is 0 Å². The number of aliphatic hydroxyl groups excluding tert-OH is 2. The van der Waals surface area contributed by atoms with Gasteiger partial charge in [-0.1, -0.05) is 24.6 Å². The van der Waals surface area contributed by atoms with Gasteiger partial charge in [-0.15, -0.1) is 0 Å². The van der Waals surface area contributed by atoms with Crippen molar-refractivity contribution < 1.29 is 24.5 Å². The van der Waals surface area contributed by atoms with Crippen molar-refractivity contribution in [3.05, 3.63) is 41.0 Å². The first-order valence-corrected chi connectivity index (χ1v) is 7.78. The summed E-state index contributed by atoms with van der Waals surface area (Å²) in [4.78, 5) is 11.8. The van der Waals surface area contributed by atoms with Gasteiger partial charge in [-0.05, 0) is 38.5 Å². The summed E-state index contributed by atoms with van der Waals surface area (Å²) in [5.41, 5.74) is 2.07. The van der Waals surface area contributed by atoms with Gasteiger partial charge in [-0.2, -0.15) is 0 Å². The van der Waals surface area contributed by atoms with Crippen LogP contribution in [0.15, 0.2) is 35.4 Å². The maximum absolute atomic E-state index is 11.8. The normalized spacial score (nSPS) is 14.7. The minimum Gasteiger partial charge on any atom is -0.491 e. The Bertz CT molecular complexity index is 533. The van der Waals surface area contributed by atoms with Gasteiger partial charge in [-0.25, -0.2) is 4.79 Å². The molecule has 0 aliphatic carbocycles. The molecule has 1 aromatic carbocycles. The molecule has 5 heteroatoms. The first kappa shape index (κ1) is 19.2. The summed E-state index contributed by atoms with van der Waals surface area (Å²) in [6.07, 6.45) is -0.730. The van der Waals surface area contributed by atoms with Gasteiger partial charge in [0, 0.05) is 11.5 Å². The summed E-state index contributed by atoms with van der Waals surface area (Å²) in [6, 6.07) is 7.05. The molecule has 0 saturated heterocycles. The zero-order valence-electron chi connectivity index (χ0n) is 14.2. The number of carbonyl (C=O) groups excluding carboxylic acids is 1. The highest BCUT2D eigenvalue weighted by molar-refractivity contribution is 5.88. The van der Waals surface area contributed by atoms with Gasteiger partial charge in [-0.3, -0.25) is 0 Å². The molecule has 128 valence electrons. The molecular formula is C18H26O5. The number of hydrogen-bond acceptors (Lipinski definition) is 5. The zero-order valence-corrected chi connectivity index (χ0v) is 14.2. The van der Waals surface area contributed by atoms with E-state index in [-0.39, 0.29) is 25.1 Å². The first-order chi connectivity index (χ1) is 10.9. The monoisotopic (exact) mass is 322 g/mol. The maximum Gasteiger partial charge on any atom is 0.333 e. The lowest BCUT2D eigenvalue weighted by Crippen LogP contribution is -2.15. The summed E-state index contributed by atoms with van der Waals surface area (Å²) < 4.78 is 10.3. The molecule has 0 unspecified atom stereocenters. The van der Waals surface area contributed by atoms with Crippen molar-refractivity contribution in [2.45, 2.75) is 33.8 Å². The highest BCUT2D eigenvalue weighted by Gasteiger charge is 2.21. The summed E-state index contributed by atoms with van der Waals surface area (Å²) in [5.74, 6) is 0.0676. The SMILES string of the molecule is CCOC(=O)/C(C)=C(\C)[C@H](C)[C@H](O)c1ccc(OCCO)cc1. The van der Waals surface area contributed by atoms with Crippen LogP contribution >= 0.6 is 0 Å². The molecule has 1 aromatic rings. The van der Waals surface area contributed by atoms with E-state index < -0.39 is 6.10 Å². The Hall–Kier alpha value is -1.85. The fourth-order valence-electron chi connectivity index (χ4n) is 2.19. The summed E-state index contributed by atoms with van der Waals surface area (Å²) in [5, 5.41) is 19.3. The first-order valence-electron chi connectivity index (χ1n) is 7.78. The minimum atomic E-state index is -0.730. The Kier molecular flexibility index (Phi) is 7.78. The molecule has 0 aliphatic heterocycles. The van der Waals surface area contributed by atoms with Crippen LogP contribution in [-0.4, -0.2) is 36.0 Å². The van der Waals surface area contributed by atoms with Crippen LogP contribution in [0.4, 0.5) is 0 Å². The molecule has 0 aromatic heterocycles. The second-order valence-electron chi connectivity index (χ2n) is 5.40. The number of esters is 1. The summed E-state index contributed by atoms with van der Waals surface area (Å²) in [6.45, 7) is 7.70. The van der Waals surface area contributed by atoms with Gasteiger partial charge in [0.05, 0.1) is 19.3 Å². The van der Waals surface area contributed by atoms with E-state index >= 15 is 0 Å². The Morgan fingerprint density at radius 2 is 1.83 bits per heavy atom. The van der Waals surface area contributed by atoms with Crippen molar-refractivity contribution in [3.8, 4) is 5.75 Å². The summed E-state index contributed by atoms with van der Waals surface area (Å²) in [7, 11) is 0. The highest BCUT2D eigenvalue weighted by Crippen LogP contribution is 2.30. The molecule has 0 spiro atoms. The van der Waals surface area contributed by atoms with Gasteiger partial charge in [0.25, 0.3) is 0 Å². The molecule has 2 atom stereocenters. The smallest absolute Gasteiger partial charge is 0.333 e. The predicted octanol–water partition coefficient (Wildman–Crippen LogP) is 2.63. The Balaban J connectivity index is 2.84. The molecule has 5 nitrogen and oxygen atoms in total. The molecule has 0 aliphatic rings. The molecule has 0 fully saturated rings. The fraction of sp³-hybridized carbons (Fsp3) is 0.500. The predicted molar refractivity (Wildman–Crippen MR) is 88.2 cm³/mol. The standard InChI is InChI=1S/C18H26O5/c1-5-22-18(21)14(4)12(2)13(3)17(20)15-6-8-16(9-7-15)23-11-10-19/h6-9,13,17,19-20H,5,10-11H2,1-4H3/b14-12+/t13-,17-/m0/s1. The van der Waals surface area contributed by atoms with Crippen molar-refractivity contribution in [3.63, 3.8) is 0 Å². The Labute approximate surface area is 137 Å². The molecule has 0 bridgehead atoms. The molecule has 0 saturated carbocycles. The molecule has 23 heavy (non-hydrogen) atoms. The molecule has 0 amide bonds. The third-order valence-electron chi connectivity index (χ3n) is 3.91. The lowest BCUT2D eigenvalue weighted by molar-refractivity contribution is -0.138. The van der Waals surface area contributed by atoms with E-state index in [2.05, 4.69) is 0 Å². The van der Waals surface area contributed by atoms with E-state index in [9.17, 15) is 9.90 Å². The van der Waals surface area contributed by atoms with Crippen molar-refractivity contribution >= 4 is 5.97 Å². The second kappa shape index (κ2) is 9.33. The number of hydrogen-bond donors (Lipinski definition) is 2. The third kappa shape index (κ3) is 5.37. The quantitative estimate of drug-likeness (QED) is 0.568. The molecule has 0 radical (unpaired) electrons. The van der Waals surface area contributed by atoms with Gasteiger partial charge >= 0.3 is 5.97 Å². The van der Waals surface area contributed by atoms with Crippen molar-refractivity contribution in [1.29, 1.82) is 0 Å². The van der Waals surface area contributed by atoms with Crippen LogP contribution in [0.1, 0.15) is 39.4 Å². The fourth-order valence-corrected chi connectivity index (χ4v) is 2.19. The lowest BCUT2D eigenvalue weighted by atomic mass is 9.89. The van der Waals surface area contributed by atoms with Crippen LogP contribution in [0.2, 0.25) is 0 Å². The van der Waals surface area contributed by atoms with E-state index in [1.165, 1.54) is 0 Å². The molecular weight excluding hydrogens is 296 g/mol. The largest absolute Gasteiger partial charge is 0.491 e. The van der Waals surface area contributed by atoms with Crippen molar-refractivity contribution in [1.82, 2.24) is 0 Å². The third-order valence-corrected chi connectivity index (χ3v) is 3.91. The van der Waals surface area contributed by atoms with Gasteiger partial charge < -0.3 is 19.7 Å². The molecule has 0 heterocycles. The average Bonchev–Trinajstić information content (AvgIpc) is 2.58. The van der Waals surface area contributed by atoms with Crippen LogP contribution in [0.5, 0.6) is 5.75 Å². The number of carbonyl (C=O) groups is 1. The number of aliphatic hydroxyl groups is 2. The van der Waals surface area contributed by atoms with E-state index in [0.717, 1.165) is 11.1 Å². The number of rotatable bonds is 8.